The topological polar surface area (TPSA) is 100 Å². The van der Waals surface area contributed by atoms with Crippen LogP contribution in [0, 0.1) is 0 Å². The standard InChI is InChI=1S/C13H16N4O3/c18-11(2-1-10-12(19)17-13(20)16-10)15-8-5-9-3-6-14-7-4-9/h3-4,6-7,10H,1-2,5,8H2,(H,15,18)(H2,16,17,19,20)/t10-/m0/s1. The van der Waals surface area contributed by atoms with E-state index in [0.717, 1.165) is 12.0 Å². The molecule has 2 heterocycles. The van der Waals surface area contributed by atoms with Gasteiger partial charge in [0.1, 0.15) is 6.04 Å². The summed E-state index contributed by atoms with van der Waals surface area (Å²) in [5.74, 6) is -0.507. The minimum atomic E-state index is -0.603. The van der Waals surface area contributed by atoms with Gasteiger partial charge in [-0.15, -0.1) is 0 Å². The average Bonchev–Trinajstić information content (AvgIpc) is 2.76. The van der Waals surface area contributed by atoms with E-state index in [0.29, 0.717) is 13.0 Å². The van der Waals surface area contributed by atoms with Gasteiger partial charge in [0, 0.05) is 25.4 Å². The highest BCUT2D eigenvalue weighted by Crippen LogP contribution is 2.02. The fourth-order valence-electron chi connectivity index (χ4n) is 1.92. The Hall–Kier alpha value is -2.44. The van der Waals surface area contributed by atoms with E-state index in [1.165, 1.54) is 0 Å². The molecule has 106 valence electrons. The second-order valence-electron chi connectivity index (χ2n) is 4.51. The van der Waals surface area contributed by atoms with Crippen LogP contribution in [-0.4, -0.2) is 35.4 Å². The Morgan fingerprint density at radius 2 is 2.05 bits per heavy atom. The van der Waals surface area contributed by atoms with E-state index < -0.39 is 12.1 Å². The van der Waals surface area contributed by atoms with Gasteiger partial charge in [0.25, 0.3) is 5.91 Å². The second kappa shape index (κ2) is 6.65. The van der Waals surface area contributed by atoms with E-state index in [2.05, 4.69) is 20.9 Å². The molecule has 0 aromatic carbocycles. The third kappa shape index (κ3) is 4.04. The van der Waals surface area contributed by atoms with Crippen LogP contribution in [0.15, 0.2) is 24.5 Å². The lowest BCUT2D eigenvalue weighted by atomic mass is 10.1. The number of nitrogens with one attached hydrogen (secondary N) is 3. The number of amides is 4. The Morgan fingerprint density at radius 1 is 1.30 bits per heavy atom. The number of hydrogen-bond donors (Lipinski definition) is 3. The van der Waals surface area contributed by atoms with Gasteiger partial charge in [-0.3, -0.25) is 19.9 Å². The molecule has 0 spiro atoms. The summed E-state index contributed by atoms with van der Waals surface area (Å²) < 4.78 is 0. The van der Waals surface area contributed by atoms with Crippen molar-refractivity contribution in [3.8, 4) is 0 Å². The predicted molar refractivity (Wildman–Crippen MR) is 70.6 cm³/mol. The maximum Gasteiger partial charge on any atom is 0.322 e. The van der Waals surface area contributed by atoms with Gasteiger partial charge in [0.15, 0.2) is 0 Å². The van der Waals surface area contributed by atoms with Crippen LogP contribution in [0.1, 0.15) is 18.4 Å². The summed E-state index contributed by atoms with van der Waals surface area (Å²) in [6.45, 7) is 0.534. The largest absolute Gasteiger partial charge is 0.356 e. The monoisotopic (exact) mass is 276 g/mol. The number of carbonyl (C=O) groups excluding carboxylic acids is 3. The van der Waals surface area contributed by atoms with Gasteiger partial charge in [-0.25, -0.2) is 4.79 Å². The fourth-order valence-corrected chi connectivity index (χ4v) is 1.92. The van der Waals surface area contributed by atoms with Crippen LogP contribution in [0.25, 0.3) is 0 Å². The molecule has 0 bridgehead atoms. The van der Waals surface area contributed by atoms with Crippen LogP contribution >= 0.6 is 0 Å². The summed E-state index contributed by atoms with van der Waals surface area (Å²) in [5.41, 5.74) is 1.10. The van der Waals surface area contributed by atoms with Crippen molar-refractivity contribution in [3.63, 3.8) is 0 Å². The quantitative estimate of drug-likeness (QED) is 0.623. The summed E-state index contributed by atoms with van der Waals surface area (Å²) >= 11 is 0. The lowest BCUT2D eigenvalue weighted by Crippen LogP contribution is -2.32. The molecule has 1 aliphatic heterocycles. The number of aromatic nitrogens is 1. The van der Waals surface area contributed by atoms with Gasteiger partial charge in [-0.1, -0.05) is 0 Å². The highest BCUT2D eigenvalue weighted by Gasteiger charge is 2.29. The van der Waals surface area contributed by atoms with E-state index >= 15 is 0 Å². The molecular weight excluding hydrogens is 260 g/mol. The minimum Gasteiger partial charge on any atom is -0.356 e. The molecule has 0 radical (unpaired) electrons. The number of imide groups is 1. The summed E-state index contributed by atoms with van der Waals surface area (Å²) in [6, 6.07) is 2.68. The van der Waals surface area contributed by atoms with E-state index in [1.807, 2.05) is 12.1 Å². The number of pyridine rings is 1. The lowest BCUT2D eigenvalue weighted by Gasteiger charge is -2.08. The molecule has 20 heavy (non-hydrogen) atoms. The molecule has 7 nitrogen and oxygen atoms in total. The molecular formula is C13H16N4O3. The van der Waals surface area contributed by atoms with Crippen LogP contribution in [0.4, 0.5) is 4.79 Å². The van der Waals surface area contributed by atoms with Crippen LogP contribution in [0.3, 0.4) is 0 Å². The third-order valence-electron chi connectivity index (χ3n) is 3.00. The highest BCUT2D eigenvalue weighted by atomic mass is 16.2. The Bertz CT molecular complexity index is 504. The van der Waals surface area contributed by atoms with Crippen molar-refractivity contribution in [2.45, 2.75) is 25.3 Å². The Kier molecular flexibility index (Phi) is 4.65. The molecule has 1 fully saturated rings. The zero-order valence-corrected chi connectivity index (χ0v) is 10.9. The van der Waals surface area contributed by atoms with Crippen LogP contribution in [0.2, 0.25) is 0 Å². The van der Waals surface area contributed by atoms with Crippen molar-refractivity contribution in [3.05, 3.63) is 30.1 Å². The smallest absolute Gasteiger partial charge is 0.322 e. The van der Waals surface area contributed by atoms with E-state index in [4.69, 9.17) is 0 Å². The highest BCUT2D eigenvalue weighted by molar-refractivity contribution is 6.04. The zero-order chi connectivity index (χ0) is 14.4. The van der Waals surface area contributed by atoms with Gasteiger partial charge in [-0.05, 0) is 30.5 Å². The van der Waals surface area contributed by atoms with E-state index in [9.17, 15) is 14.4 Å². The molecule has 7 heteroatoms. The normalized spacial score (nSPS) is 17.5. The number of nitrogens with zero attached hydrogens (tertiary/aromatic N) is 1. The van der Waals surface area contributed by atoms with E-state index in [-0.39, 0.29) is 18.2 Å². The average molecular weight is 276 g/mol. The number of carbonyl (C=O) groups is 3. The molecule has 2 rings (SSSR count). The second-order valence-corrected chi connectivity index (χ2v) is 4.51. The predicted octanol–water partition coefficient (Wildman–Crippen LogP) is -0.271. The van der Waals surface area contributed by atoms with Crippen molar-refractivity contribution in [2.75, 3.05) is 6.54 Å². The number of hydrogen-bond acceptors (Lipinski definition) is 4. The summed E-state index contributed by atoms with van der Waals surface area (Å²) in [4.78, 5) is 37.7. The first-order chi connectivity index (χ1) is 9.65. The molecule has 4 amide bonds. The van der Waals surface area contributed by atoms with Crippen molar-refractivity contribution in [1.29, 1.82) is 0 Å². The van der Waals surface area contributed by atoms with Crippen molar-refractivity contribution in [2.24, 2.45) is 0 Å². The van der Waals surface area contributed by atoms with Crippen LogP contribution in [-0.2, 0) is 16.0 Å². The van der Waals surface area contributed by atoms with Crippen LogP contribution < -0.4 is 16.0 Å². The summed E-state index contributed by atoms with van der Waals surface area (Å²) in [5, 5.41) is 7.36. The third-order valence-corrected chi connectivity index (χ3v) is 3.00. The van der Waals surface area contributed by atoms with Gasteiger partial charge in [-0.2, -0.15) is 0 Å². The molecule has 0 saturated carbocycles. The molecule has 1 saturated heterocycles. The van der Waals surface area contributed by atoms with Gasteiger partial charge in [0.2, 0.25) is 5.91 Å². The molecule has 1 aromatic heterocycles. The van der Waals surface area contributed by atoms with Crippen LogP contribution in [0.5, 0.6) is 0 Å². The first-order valence-corrected chi connectivity index (χ1v) is 6.42. The number of urea groups is 1. The zero-order valence-electron chi connectivity index (χ0n) is 10.9. The first kappa shape index (κ1) is 14.0. The molecule has 1 aliphatic rings. The van der Waals surface area contributed by atoms with Gasteiger partial charge >= 0.3 is 6.03 Å². The minimum absolute atomic E-state index is 0.131. The SMILES string of the molecule is O=C(CC[C@@H]1NC(=O)NC1=O)NCCc1ccncc1. The molecule has 1 atom stereocenters. The molecule has 0 aliphatic carbocycles. The maximum absolute atomic E-state index is 11.6. The van der Waals surface area contributed by atoms with Crippen molar-refractivity contribution >= 4 is 17.8 Å². The Balaban J connectivity index is 1.63. The summed E-state index contributed by atoms with van der Waals surface area (Å²) in [7, 11) is 0. The first-order valence-electron chi connectivity index (χ1n) is 6.42. The van der Waals surface area contributed by atoms with Crippen molar-refractivity contribution in [1.82, 2.24) is 20.9 Å². The maximum atomic E-state index is 11.6. The lowest BCUT2D eigenvalue weighted by molar-refractivity contribution is -0.122. The Labute approximate surface area is 116 Å². The molecule has 3 N–H and O–H groups in total. The Morgan fingerprint density at radius 3 is 2.70 bits per heavy atom. The van der Waals surface area contributed by atoms with Crippen molar-refractivity contribution < 1.29 is 14.4 Å². The summed E-state index contributed by atoms with van der Waals surface area (Å²) in [6.07, 6.45) is 4.65. The van der Waals surface area contributed by atoms with Gasteiger partial charge < -0.3 is 10.6 Å². The molecule has 0 unspecified atom stereocenters. The van der Waals surface area contributed by atoms with E-state index in [1.54, 1.807) is 12.4 Å². The fraction of sp³-hybridized carbons (Fsp3) is 0.385. The number of rotatable bonds is 6. The van der Waals surface area contributed by atoms with Gasteiger partial charge in [0.05, 0.1) is 0 Å². The molecule has 1 aromatic rings.